The highest BCUT2D eigenvalue weighted by atomic mass is 16.6. The summed E-state index contributed by atoms with van der Waals surface area (Å²) in [6, 6.07) is 10.6. The second-order valence-corrected chi connectivity index (χ2v) is 6.19. The number of pyridine rings is 1. The van der Waals surface area contributed by atoms with Crippen molar-refractivity contribution in [2.45, 2.75) is 26.4 Å². The molecule has 2 aromatic rings. The molecule has 1 atom stereocenters. The number of carbonyl (C=O) groups excluding carboxylic acids is 1. The highest BCUT2D eigenvalue weighted by Crippen LogP contribution is 2.24. The summed E-state index contributed by atoms with van der Waals surface area (Å²) in [6.45, 7) is 4.04. The van der Waals surface area contributed by atoms with Crippen molar-refractivity contribution in [2.24, 2.45) is 11.1 Å². The standard InChI is InChI=1S/C19H21N3O4/c1-12(2)16-10-17(26-22-16)19(23)21-13-7-8-18(20-11-13)25-15-6-4-5-14(9-15)24-3/h4-9,11-12,17H,10H2,1-3H3,(H,21,23). The quantitative estimate of drug-likeness (QED) is 0.856. The summed E-state index contributed by atoms with van der Waals surface area (Å²) in [5, 5.41) is 6.74. The van der Waals surface area contributed by atoms with Gasteiger partial charge in [-0.05, 0) is 24.1 Å². The zero-order valence-electron chi connectivity index (χ0n) is 14.9. The second kappa shape index (κ2) is 7.86. The molecule has 0 bridgehead atoms. The third-order valence-electron chi connectivity index (χ3n) is 3.92. The number of oxime groups is 1. The SMILES string of the molecule is COc1cccc(Oc2ccc(NC(=O)C3CC(C(C)C)=NO3)cn2)c1. The van der Waals surface area contributed by atoms with Gasteiger partial charge in [0, 0.05) is 18.6 Å². The minimum atomic E-state index is -0.597. The fraction of sp³-hybridized carbons (Fsp3) is 0.316. The van der Waals surface area contributed by atoms with E-state index in [1.165, 1.54) is 6.20 Å². The van der Waals surface area contributed by atoms with Crippen LogP contribution in [0.1, 0.15) is 20.3 Å². The Balaban J connectivity index is 1.57. The molecule has 0 spiro atoms. The van der Waals surface area contributed by atoms with Gasteiger partial charge in [0.15, 0.2) is 0 Å². The summed E-state index contributed by atoms with van der Waals surface area (Å²) in [6.07, 6.45) is 1.45. The fourth-order valence-electron chi connectivity index (χ4n) is 2.40. The van der Waals surface area contributed by atoms with Gasteiger partial charge in [-0.15, -0.1) is 0 Å². The lowest BCUT2D eigenvalue weighted by Gasteiger charge is -2.10. The first-order valence-corrected chi connectivity index (χ1v) is 8.36. The third kappa shape index (κ3) is 4.30. The predicted molar refractivity (Wildman–Crippen MR) is 97.7 cm³/mol. The maximum Gasteiger partial charge on any atom is 0.268 e. The number of nitrogens with one attached hydrogen (secondary N) is 1. The Kier molecular flexibility index (Phi) is 5.36. The van der Waals surface area contributed by atoms with E-state index in [0.717, 1.165) is 5.71 Å². The first kappa shape index (κ1) is 17.7. The molecular formula is C19H21N3O4. The fourth-order valence-corrected chi connectivity index (χ4v) is 2.40. The van der Waals surface area contributed by atoms with E-state index in [1.807, 2.05) is 32.0 Å². The van der Waals surface area contributed by atoms with Crippen molar-refractivity contribution in [1.29, 1.82) is 0 Å². The van der Waals surface area contributed by atoms with Gasteiger partial charge in [0.2, 0.25) is 12.0 Å². The molecule has 0 fully saturated rings. The van der Waals surface area contributed by atoms with Crippen molar-refractivity contribution in [1.82, 2.24) is 4.98 Å². The number of rotatable bonds is 6. The topological polar surface area (TPSA) is 82.0 Å². The van der Waals surface area contributed by atoms with Crippen LogP contribution in [0.2, 0.25) is 0 Å². The molecule has 1 amide bonds. The van der Waals surface area contributed by atoms with Crippen molar-refractivity contribution < 1.29 is 19.1 Å². The predicted octanol–water partition coefficient (Wildman–Crippen LogP) is 3.62. The number of anilines is 1. The molecule has 1 aliphatic heterocycles. The van der Waals surface area contributed by atoms with Gasteiger partial charge in [0.05, 0.1) is 24.7 Å². The number of amides is 1. The van der Waals surface area contributed by atoms with E-state index in [1.54, 1.807) is 25.3 Å². The summed E-state index contributed by atoms with van der Waals surface area (Å²) >= 11 is 0. The molecule has 0 saturated heterocycles. The molecule has 26 heavy (non-hydrogen) atoms. The molecule has 1 aromatic carbocycles. The van der Waals surface area contributed by atoms with Crippen LogP contribution in [0.5, 0.6) is 17.4 Å². The minimum Gasteiger partial charge on any atom is -0.497 e. The number of ether oxygens (including phenoxy) is 2. The summed E-state index contributed by atoms with van der Waals surface area (Å²) in [5.41, 5.74) is 1.46. The van der Waals surface area contributed by atoms with Crippen molar-refractivity contribution in [2.75, 3.05) is 12.4 Å². The van der Waals surface area contributed by atoms with Gasteiger partial charge in [-0.25, -0.2) is 4.98 Å². The number of benzene rings is 1. The zero-order chi connectivity index (χ0) is 18.5. The van der Waals surface area contributed by atoms with Crippen LogP contribution in [0.25, 0.3) is 0 Å². The summed E-state index contributed by atoms with van der Waals surface area (Å²) in [4.78, 5) is 21.7. The first-order chi connectivity index (χ1) is 12.5. The Bertz CT molecular complexity index is 803. The lowest BCUT2D eigenvalue weighted by atomic mass is 10.0. The van der Waals surface area contributed by atoms with Crippen molar-refractivity contribution in [3.8, 4) is 17.4 Å². The molecule has 136 valence electrons. The Morgan fingerprint density at radius 2 is 2.08 bits per heavy atom. The van der Waals surface area contributed by atoms with Crippen molar-refractivity contribution >= 4 is 17.3 Å². The lowest BCUT2D eigenvalue weighted by molar-refractivity contribution is -0.125. The van der Waals surface area contributed by atoms with Gasteiger partial charge >= 0.3 is 0 Å². The van der Waals surface area contributed by atoms with E-state index >= 15 is 0 Å². The highest BCUT2D eigenvalue weighted by Gasteiger charge is 2.29. The van der Waals surface area contributed by atoms with Crippen molar-refractivity contribution in [3.05, 3.63) is 42.6 Å². The number of carbonyl (C=O) groups is 1. The van der Waals surface area contributed by atoms with Crippen LogP contribution in [-0.2, 0) is 9.63 Å². The maximum atomic E-state index is 12.2. The molecule has 7 nitrogen and oxygen atoms in total. The number of aromatic nitrogens is 1. The Hall–Kier alpha value is -3.09. The van der Waals surface area contributed by atoms with E-state index in [0.29, 0.717) is 29.5 Å². The van der Waals surface area contributed by atoms with E-state index in [-0.39, 0.29) is 11.8 Å². The lowest BCUT2D eigenvalue weighted by Crippen LogP contribution is -2.28. The number of hydrogen-bond donors (Lipinski definition) is 1. The Morgan fingerprint density at radius 1 is 1.27 bits per heavy atom. The van der Waals surface area contributed by atoms with Crippen LogP contribution in [-0.4, -0.2) is 29.8 Å². The maximum absolute atomic E-state index is 12.2. The van der Waals surface area contributed by atoms with Gasteiger partial charge < -0.3 is 19.6 Å². The Morgan fingerprint density at radius 3 is 2.73 bits per heavy atom. The summed E-state index contributed by atoms with van der Waals surface area (Å²) in [7, 11) is 1.60. The third-order valence-corrected chi connectivity index (χ3v) is 3.92. The molecule has 2 heterocycles. The molecule has 0 aliphatic carbocycles. The van der Waals surface area contributed by atoms with Crippen LogP contribution < -0.4 is 14.8 Å². The zero-order valence-corrected chi connectivity index (χ0v) is 14.9. The molecule has 0 radical (unpaired) electrons. The molecule has 1 aromatic heterocycles. The van der Waals surface area contributed by atoms with E-state index in [9.17, 15) is 4.79 Å². The van der Waals surface area contributed by atoms with E-state index in [4.69, 9.17) is 14.3 Å². The molecule has 1 aliphatic rings. The average Bonchev–Trinajstić information content (AvgIpc) is 3.14. The molecule has 0 saturated carbocycles. The monoisotopic (exact) mass is 355 g/mol. The minimum absolute atomic E-state index is 0.243. The van der Waals surface area contributed by atoms with Crippen LogP contribution in [0.15, 0.2) is 47.8 Å². The van der Waals surface area contributed by atoms with E-state index in [2.05, 4.69) is 15.5 Å². The average molecular weight is 355 g/mol. The van der Waals surface area contributed by atoms with Crippen LogP contribution in [0.3, 0.4) is 0 Å². The van der Waals surface area contributed by atoms with Crippen LogP contribution in [0.4, 0.5) is 5.69 Å². The normalized spacial score (nSPS) is 16.0. The van der Waals surface area contributed by atoms with E-state index < -0.39 is 6.10 Å². The van der Waals surface area contributed by atoms with Gasteiger partial charge in [-0.1, -0.05) is 25.1 Å². The molecule has 1 N–H and O–H groups in total. The second-order valence-electron chi connectivity index (χ2n) is 6.19. The van der Waals surface area contributed by atoms with Crippen LogP contribution >= 0.6 is 0 Å². The van der Waals surface area contributed by atoms with Crippen LogP contribution in [0, 0.1) is 5.92 Å². The molecule has 7 heteroatoms. The highest BCUT2D eigenvalue weighted by molar-refractivity contribution is 5.99. The summed E-state index contributed by atoms with van der Waals surface area (Å²) in [5.74, 6) is 1.76. The Labute approximate surface area is 152 Å². The smallest absolute Gasteiger partial charge is 0.268 e. The number of nitrogens with zero attached hydrogens (tertiary/aromatic N) is 2. The summed E-state index contributed by atoms with van der Waals surface area (Å²) < 4.78 is 10.8. The number of methoxy groups -OCH3 is 1. The van der Waals surface area contributed by atoms with Gasteiger partial charge in [-0.3, -0.25) is 4.79 Å². The largest absolute Gasteiger partial charge is 0.497 e. The molecular weight excluding hydrogens is 334 g/mol. The first-order valence-electron chi connectivity index (χ1n) is 8.36. The number of hydrogen-bond acceptors (Lipinski definition) is 6. The molecule has 1 unspecified atom stereocenters. The van der Waals surface area contributed by atoms with Gasteiger partial charge in [0.25, 0.3) is 5.91 Å². The van der Waals surface area contributed by atoms with Crippen molar-refractivity contribution in [3.63, 3.8) is 0 Å². The van der Waals surface area contributed by atoms with Gasteiger partial charge in [0.1, 0.15) is 11.5 Å². The molecule has 3 rings (SSSR count). The van der Waals surface area contributed by atoms with Gasteiger partial charge in [-0.2, -0.15) is 0 Å².